The maximum absolute atomic E-state index is 12.0. The van der Waals surface area contributed by atoms with Crippen LogP contribution in [0, 0.1) is 5.92 Å². The van der Waals surface area contributed by atoms with Crippen molar-refractivity contribution >= 4 is 11.9 Å². The molecule has 1 rings (SSSR count). The fraction of sp³-hybridized carbons (Fsp3) is 0.500. The molecule has 5 heteroatoms. The summed E-state index contributed by atoms with van der Waals surface area (Å²) >= 11 is 0. The Kier molecular flexibility index (Phi) is 6.88. The number of nitrogens with one attached hydrogen (secondary N) is 1. The second kappa shape index (κ2) is 8.42. The molecule has 0 heterocycles. The third-order valence-corrected chi connectivity index (χ3v) is 3.70. The average Bonchev–Trinajstić information content (AvgIpc) is 2.49. The van der Waals surface area contributed by atoms with Crippen LogP contribution in [0.1, 0.15) is 32.3 Å². The number of carbonyl (C=O) groups is 2. The number of aliphatic carboxylic acids is 1. The van der Waals surface area contributed by atoms with Crippen molar-refractivity contribution in [3.8, 4) is 0 Å². The third kappa shape index (κ3) is 5.55. The predicted octanol–water partition coefficient (Wildman–Crippen LogP) is 1.56. The van der Waals surface area contributed by atoms with Crippen LogP contribution in [0.2, 0.25) is 0 Å². The molecule has 0 radical (unpaired) electrons. The van der Waals surface area contributed by atoms with Crippen molar-refractivity contribution in [3.63, 3.8) is 0 Å². The van der Waals surface area contributed by atoms with Gasteiger partial charge in [-0.15, -0.1) is 0 Å². The van der Waals surface area contributed by atoms with Crippen LogP contribution in [0.3, 0.4) is 0 Å². The van der Waals surface area contributed by atoms with Crippen molar-refractivity contribution < 1.29 is 14.7 Å². The molecule has 1 amide bonds. The molecule has 3 atom stereocenters. The summed E-state index contributed by atoms with van der Waals surface area (Å²) in [5.74, 6) is -1.56. The lowest BCUT2D eigenvalue weighted by molar-refractivity contribution is -0.143. The van der Waals surface area contributed by atoms with E-state index in [-0.39, 0.29) is 5.92 Å². The Bertz CT molecular complexity index is 462. The van der Waals surface area contributed by atoms with E-state index in [9.17, 15) is 9.59 Å². The standard InChI is InChI=1S/C16H24N2O3/c1-3-11(2)14(16(20)21)18-15(19)13(17)10-9-12-7-5-4-6-8-12/h4-8,11,13-14H,3,9-10,17H2,1-2H3,(H,18,19)(H,20,21). The van der Waals surface area contributed by atoms with Gasteiger partial charge in [-0.3, -0.25) is 4.79 Å². The number of aryl methyl sites for hydroxylation is 1. The van der Waals surface area contributed by atoms with E-state index >= 15 is 0 Å². The minimum Gasteiger partial charge on any atom is -0.480 e. The Labute approximate surface area is 125 Å². The molecule has 0 aliphatic heterocycles. The zero-order chi connectivity index (χ0) is 15.8. The van der Waals surface area contributed by atoms with Crippen LogP contribution in [-0.4, -0.2) is 29.1 Å². The summed E-state index contributed by atoms with van der Waals surface area (Å²) in [5, 5.41) is 11.7. The van der Waals surface area contributed by atoms with Gasteiger partial charge in [0.1, 0.15) is 6.04 Å². The van der Waals surface area contributed by atoms with Crippen LogP contribution < -0.4 is 11.1 Å². The highest BCUT2D eigenvalue weighted by atomic mass is 16.4. The summed E-state index contributed by atoms with van der Waals surface area (Å²) in [4.78, 5) is 23.2. The number of amides is 1. The van der Waals surface area contributed by atoms with Gasteiger partial charge in [0.25, 0.3) is 0 Å². The monoisotopic (exact) mass is 292 g/mol. The zero-order valence-electron chi connectivity index (χ0n) is 12.6. The van der Waals surface area contributed by atoms with Crippen LogP contribution in [0.25, 0.3) is 0 Å². The first kappa shape index (κ1) is 17.2. The number of carbonyl (C=O) groups excluding carboxylic acids is 1. The van der Waals surface area contributed by atoms with Crippen LogP contribution in [0.4, 0.5) is 0 Å². The number of carboxylic acid groups (broad SMARTS) is 1. The van der Waals surface area contributed by atoms with E-state index in [0.29, 0.717) is 19.3 Å². The highest BCUT2D eigenvalue weighted by Crippen LogP contribution is 2.09. The molecule has 0 fully saturated rings. The third-order valence-electron chi connectivity index (χ3n) is 3.70. The van der Waals surface area contributed by atoms with Gasteiger partial charge in [-0.05, 0) is 24.3 Å². The lowest BCUT2D eigenvalue weighted by atomic mass is 9.98. The normalized spacial score (nSPS) is 15.0. The summed E-state index contributed by atoms with van der Waals surface area (Å²) in [6, 6.07) is 8.17. The van der Waals surface area contributed by atoms with Crippen molar-refractivity contribution in [1.82, 2.24) is 5.32 Å². The van der Waals surface area contributed by atoms with Gasteiger partial charge in [0.05, 0.1) is 6.04 Å². The molecule has 0 bridgehead atoms. The van der Waals surface area contributed by atoms with E-state index in [2.05, 4.69) is 5.32 Å². The molecule has 5 nitrogen and oxygen atoms in total. The minimum absolute atomic E-state index is 0.132. The smallest absolute Gasteiger partial charge is 0.326 e. The van der Waals surface area contributed by atoms with Gasteiger partial charge >= 0.3 is 5.97 Å². The fourth-order valence-electron chi connectivity index (χ4n) is 2.04. The number of hydrogen-bond donors (Lipinski definition) is 3. The summed E-state index contributed by atoms with van der Waals surface area (Å²) < 4.78 is 0. The summed E-state index contributed by atoms with van der Waals surface area (Å²) in [7, 11) is 0. The van der Waals surface area contributed by atoms with E-state index in [1.165, 1.54) is 0 Å². The molecule has 1 aromatic rings. The first-order valence-corrected chi connectivity index (χ1v) is 7.28. The van der Waals surface area contributed by atoms with Gasteiger partial charge < -0.3 is 16.2 Å². The van der Waals surface area contributed by atoms with Crippen LogP contribution in [0.15, 0.2) is 30.3 Å². The van der Waals surface area contributed by atoms with E-state index < -0.39 is 24.0 Å². The molecule has 0 aliphatic carbocycles. The van der Waals surface area contributed by atoms with Gasteiger partial charge in [-0.1, -0.05) is 50.6 Å². The summed E-state index contributed by atoms with van der Waals surface area (Å²) in [5.41, 5.74) is 6.96. The van der Waals surface area contributed by atoms with Gasteiger partial charge in [0, 0.05) is 0 Å². The Balaban J connectivity index is 2.51. The van der Waals surface area contributed by atoms with Gasteiger partial charge in [-0.25, -0.2) is 4.79 Å². The predicted molar refractivity (Wildman–Crippen MR) is 81.8 cm³/mol. The highest BCUT2D eigenvalue weighted by Gasteiger charge is 2.27. The van der Waals surface area contributed by atoms with Crippen LogP contribution in [-0.2, 0) is 16.0 Å². The van der Waals surface area contributed by atoms with Gasteiger partial charge in [0.2, 0.25) is 5.91 Å². The molecular formula is C16H24N2O3. The molecule has 21 heavy (non-hydrogen) atoms. The lowest BCUT2D eigenvalue weighted by Gasteiger charge is -2.22. The fourth-order valence-corrected chi connectivity index (χ4v) is 2.04. The second-order valence-electron chi connectivity index (χ2n) is 5.34. The molecular weight excluding hydrogens is 268 g/mol. The first-order chi connectivity index (χ1) is 9.95. The van der Waals surface area contributed by atoms with Gasteiger partial charge in [-0.2, -0.15) is 0 Å². The SMILES string of the molecule is CCC(C)C(NC(=O)C(N)CCc1ccccc1)C(=O)O. The Morgan fingerprint density at radius 3 is 2.43 bits per heavy atom. The summed E-state index contributed by atoms with van der Waals surface area (Å²) in [6.45, 7) is 3.69. The maximum atomic E-state index is 12.0. The summed E-state index contributed by atoms with van der Waals surface area (Å²) in [6.07, 6.45) is 1.86. The Morgan fingerprint density at radius 2 is 1.90 bits per heavy atom. The number of nitrogens with two attached hydrogens (primary N) is 1. The van der Waals surface area contributed by atoms with Crippen molar-refractivity contribution in [2.24, 2.45) is 11.7 Å². The highest BCUT2D eigenvalue weighted by molar-refractivity contribution is 5.86. The number of carboxylic acids is 1. The molecule has 0 saturated carbocycles. The van der Waals surface area contributed by atoms with E-state index in [4.69, 9.17) is 10.8 Å². The van der Waals surface area contributed by atoms with E-state index in [1.54, 1.807) is 6.92 Å². The first-order valence-electron chi connectivity index (χ1n) is 7.28. The van der Waals surface area contributed by atoms with Crippen molar-refractivity contribution in [3.05, 3.63) is 35.9 Å². The largest absolute Gasteiger partial charge is 0.480 e. The van der Waals surface area contributed by atoms with Crippen LogP contribution in [0.5, 0.6) is 0 Å². The Hall–Kier alpha value is -1.88. The average molecular weight is 292 g/mol. The zero-order valence-corrected chi connectivity index (χ0v) is 12.6. The van der Waals surface area contributed by atoms with E-state index in [1.807, 2.05) is 37.3 Å². The lowest BCUT2D eigenvalue weighted by Crippen LogP contribution is -2.51. The van der Waals surface area contributed by atoms with Crippen molar-refractivity contribution in [2.75, 3.05) is 0 Å². The molecule has 3 unspecified atom stereocenters. The molecule has 1 aromatic carbocycles. The molecule has 0 aliphatic rings. The number of hydrogen-bond acceptors (Lipinski definition) is 3. The molecule has 0 aromatic heterocycles. The molecule has 4 N–H and O–H groups in total. The van der Waals surface area contributed by atoms with Gasteiger partial charge in [0.15, 0.2) is 0 Å². The molecule has 0 spiro atoms. The van der Waals surface area contributed by atoms with Crippen LogP contribution >= 0.6 is 0 Å². The molecule has 0 saturated heterocycles. The number of benzene rings is 1. The number of rotatable bonds is 8. The van der Waals surface area contributed by atoms with E-state index in [0.717, 1.165) is 5.56 Å². The van der Waals surface area contributed by atoms with Crippen molar-refractivity contribution in [1.29, 1.82) is 0 Å². The topological polar surface area (TPSA) is 92.4 Å². The minimum atomic E-state index is -1.02. The quantitative estimate of drug-likeness (QED) is 0.678. The van der Waals surface area contributed by atoms with Crippen molar-refractivity contribution in [2.45, 2.75) is 45.2 Å². The maximum Gasteiger partial charge on any atom is 0.326 e. The second-order valence-corrected chi connectivity index (χ2v) is 5.34. The molecule has 116 valence electrons. The Morgan fingerprint density at radius 1 is 1.29 bits per heavy atom.